The molecule has 0 fully saturated rings. The molecule has 26 heavy (non-hydrogen) atoms. The molecular weight excluding hydrogens is 330 g/mol. The van der Waals surface area contributed by atoms with Gasteiger partial charge in [0.05, 0.1) is 13.1 Å². The van der Waals surface area contributed by atoms with Crippen LogP contribution >= 0.6 is 0 Å². The van der Waals surface area contributed by atoms with Gasteiger partial charge >= 0.3 is 0 Å². The van der Waals surface area contributed by atoms with Crippen LogP contribution in [0.2, 0.25) is 0 Å². The smallest absolute Gasteiger partial charge is 0.291 e. The fourth-order valence-corrected chi connectivity index (χ4v) is 2.66. The lowest BCUT2D eigenvalue weighted by Crippen LogP contribution is -2.11. The first-order valence-electron chi connectivity index (χ1n) is 8.20. The minimum Gasteiger partial charge on any atom is -0.454 e. The summed E-state index contributed by atoms with van der Waals surface area (Å²) in [5, 5.41) is 11.2. The quantitative estimate of drug-likeness (QED) is 0.581. The van der Waals surface area contributed by atoms with Crippen molar-refractivity contribution in [2.45, 2.75) is 13.1 Å². The molecule has 0 unspecified atom stereocenters. The fraction of sp³-hybridized carbons (Fsp3) is 0.105. The van der Waals surface area contributed by atoms with Gasteiger partial charge in [0.25, 0.3) is 5.91 Å². The van der Waals surface area contributed by atoms with Gasteiger partial charge in [0, 0.05) is 30.5 Å². The molecule has 0 radical (unpaired) electrons. The van der Waals surface area contributed by atoms with Crippen molar-refractivity contribution in [2.75, 3.05) is 5.32 Å². The number of aromatic nitrogens is 4. The highest BCUT2D eigenvalue weighted by molar-refractivity contribution is 6.02. The molecule has 3 heterocycles. The largest absolute Gasteiger partial charge is 0.454 e. The third-order valence-corrected chi connectivity index (χ3v) is 3.85. The van der Waals surface area contributed by atoms with Crippen molar-refractivity contribution in [3.8, 4) is 0 Å². The zero-order chi connectivity index (χ0) is 17.8. The summed E-state index contributed by atoms with van der Waals surface area (Å²) in [6, 6.07) is 14.8. The van der Waals surface area contributed by atoms with Crippen LogP contribution in [-0.2, 0) is 13.1 Å². The molecule has 0 bridgehead atoms. The highest BCUT2D eigenvalue weighted by Gasteiger charge is 2.12. The molecule has 1 amide bonds. The number of furan rings is 1. The Morgan fingerprint density at radius 2 is 1.73 bits per heavy atom. The zero-order valence-corrected chi connectivity index (χ0v) is 13.9. The molecule has 7 nitrogen and oxygen atoms in total. The third kappa shape index (κ3) is 3.72. The first kappa shape index (κ1) is 15.9. The van der Waals surface area contributed by atoms with Gasteiger partial charge in [-0.1, -0.05) is 12.1 Å². The first-order chi connectivity index (χ1) is 12.8. The van der Waals surface area contributed by atoms with Gasteiger partial charge in [-0.05, 0) is 42.0 Å². The van der Waals surface area contributed by atoms with Gasteiger partial charge in [0.1, 0.15) is 5.76 Å². The fourth-order valence-electron chi connectivity index (χ4n) is 2.66. The van der Waals surface area contributed by atoms with E-state index in [1.54, 1.807) is 29.2 Å². The maximum absolute atomic E-state index is 12.4. The average Bonchev–Trinajstić information content (AvgIpc) is 3.38. The lowest BCUT2D eigenvalue weighted by atomic mass is 10.2. The Balaban J connectivity index is 1.42. The topological polar surface area (TPSA) is 77.9 Å². The number of carbonyl (C=O) groups is 1. The SMILES string of the molecule is O=C(Nc1cccc(Cn2cccn2)c1)c1ccc(Cn2cccn2)o1. The maximum atomic E-state index is 12.4. The van der Waals surface area contributed by atoms with Gasteiger partial charge < -0.3 is 9.73 Å². The van der Waals surface area contributed by atoms with E-state index in [1.807, 2.05) is 53.5 Å². The summed E-state index contributed by atoms with van der Waals surface area (Å²) in [5.74, 6) is 0.656. The van der Waals surface area contributed by atoms with Crippen molar-refractivity contribution < 1.29 is 9.21 Å². The number of anilines is 1. The predicted octanol–water partition coefficient (Wildman–Crippen LogP) is 3.02. The monoisotopic (exact) mass is 347 g/mol. The van der Waals surface area contributed by atoms with Gasteiger partial charge in [0.2, 0.25) is 0 Å². The molecule has 7 heteroatoms. The number of amides is 1. The molecule has 0 spiro atoms. The van der Waals surface area contributed by atoms with Crippen LogP contribution in [0.3, 0.4) is 0 Å². The molecule has 4 aromatic rings. The van der Waals surface area contributed by atoms with Crippen molar-refractivity contribution in [2.24, 2.45) is 0 Å². The highest BCUT2D eigenvalue weighted by atomic mass is 16.4. The van der Waals surface area contributed by atoms with E-state index >= 15 is 0 Å². The van der Waals surface area contributed by atoms with Crippen molar-refractivity contribution in [1.82, 2.24) is 19.6 Å². The molecule has 0 saturated carbocycles. The molecule has 3 aromatic heterocycles. The van der Waals surface area contributed by atoms with E-state index in [1.165, 1.54) is 0 Å². The van der Waals surface area contributed by atoms with Crippen LogP contribution in [0.1, 0.15) is 21.9 Å². The van der Waals surface area contributed by atoms with Crippen molar-refractivity contribution in [3.63, 3.8) is 0 Å². The van der Waals surface area contributed by atoms with Gasteiger partial charge in [-0.3, -0.25) is 14.2 Å². The van der Waals surface area contributed by atoms with E-state index < -0.39 is 0 Å². The Morgan fingerprint density at radius 1 is 0.962 bits per heavy atom. The minimum atomic E-state index is -0.284. The second kappa shape index (κ2) is 7.10. The maximum Gasteiger partial charge on any atom is 0.291 e. The Labute approximate surface area is 149 Å². The minimum absolute atomic E-state index is 0.268. The van der Waals surface area contributed by atoms with Gasteiger partial charge in [-0.2, -0.15) is 10.2 Å². The second-order valence-electron chi connectivity index (χ2n) is 5.83. The summed E-state index contributed by atoms with van der Waals surface area (Å²) in [6.45, 7) is 1.13. The number of benzene rings is 1. The van der Waals surface area contributed by atoms with Crippen LogP contribution in [0.25, 0.3) is 0 Å². The zero-order valence-electron chi connectivity index (χ0n) is 13.9. The molecule has 130 valence electrons. The van der Waals surface area contributed by atoms with Crippen LogP contribution in [0.15, 0.2) is 77.7 Å². The Kier molecular flexibility index (Phi) is 4.34. The standard InChI is InChI=1S/C19H17N5O2/c25-19(18-7-6-17(26-18)14-24-11-3-9-21-24)22-16-5-1-4-15(12-16)13-23-10-2-8-20-23/h1-12H,13-14H2,(H,22,25). The van der Waals surface area contributed by atoms with Crippen LogP contribution in [0.5, 0.6) is 0 Å². The molecule has 0 aliphatic carbocycles. The number of rotatable bonds is 6. The van der Waals surface area contributed by atoms with E-state index in [4.69, 9.17) is 4.42 Å². The van der Waals surface area contributed by atoms with E-state index in [0.29, 0.717) is 24.5 Å². The number of carbonyl (C=O) groups excluding carboxylic acids is 1. The lowest BCUT2D eigenvalue weighted by molar-refractivity contribution is 0.0994. The van der Waals surface area contributed by atoms with Crippen LogP contribution in [0, 0.1) is 0 Å². The van der Waals surface area contributed by atoms with Gasteiger partial charge in [-0.15, -0.1) is 0 Å². The Hall–Kier alpha value is -3.61. The number of nitrogens with zero attached hydrogens (tertiary/aromatic N) is 4. The van der Waals surface area contributed by atoms with Gasteiger partial charge in [0.15, 0.2) is 5.76 Å². The first-order valence-corrected chi connectivity index (χ1v) is 8.20. The molecule has 0 atom stereocenters. The van der Waals surface area contributed by atoms with E-state index in [2.05, 4.69) is 15.5 Å². The summed E-state index contributed by atoms with van der Waals surface area (Å²) < 4.78 is 9.18. The molecule has 1 N–H and O–H groups in total. The summed E-state index contributed by atoms with van der Waals surface area (Å²) >= 11 is 0. The number of hydrogen-bond donors (Lipinski definition) is 1. The van der Waals surface area contributed by atoms with Crippen molar-refractivity contribution >= 4 is 11.6 Å². The van der Waals surface area contributed by atoms with Crippen LogP contribution < -0.4 is 5.32 Å². The number of nitrogens with one attached hydrogen (secondary N) is 1. The lowest BCUT2D eigenvalue weighted by Gasteiger charge is -2.07. The van der Waals surface area contributed by atoms with Crippen molar-refractivity contribution in [3.05, 3.63) is 90.4 Å². The van der Waals surface area contributed by atoms with E-state index in [-0.39, 0.29) is 11.7 Å². The number of hydrogen-bond acceptors (Lipinski definition) is 4. The predicted molar refractivity (Wildman–Crippen MR) is 95.8 cm³/mol. The van der Waals surface area contributed by atoms with Crippen LogP contribution in [0.4, 0.5) is 5.69 Å². The van der Waals surface area contributed by atoms with Crippen LogP contribution in [-0.4, -0.2) is 25.5 Å². The molecular formula is C19H17N5O2. The Bertz CT molecular complexity index is 987. The molecule has 1 aromatic carbocycles. The highest BCUT2D eigenvalue weighted by Crippen LogP contribution is 2.15. The summed E-state index contributed by atoms with van der Waals surface area (Å²) in [4.78, 5) is 12.4. The molecule has 0 saturated heterocycles. The third-order valence-electron chi connectivity index (χ3n) is 3.85. The van der Waals surface area contributed by atoms with E-state index in [9.17, 15) is 4.79 Å². The molecule has 4 rings (SSSR count). The average molecular weight is 347 g/mol. The molecule has 0 aliphatic rings. The summed E-state index contributed by atoms with van der Waals surface area (Å²) in [7, 11) is 0. The normalized spacial score (nSPS) is 10.8. The van der Waals surface area contributed by atoms with E-state index in [0.717, 1.165) is 5.56 Å². The Morgan fingerprint density at radius 3 is 2.46 bits per heavy atom. The summed E-state index contributed by atoms with van der Waals surface area (Å²) in [6.07, 6.45) is 7.18. The summed E-state index contributed by atoms with van der Waals surface area (Å²) in [5.41, 5.74) is 1.76. The van der Waals surface area contributed by atoms with Crippen molar-refractivity contribution in [1.29, 1.82) is 0 Å². The van der Waals surface area contributed by atoms with Gasteiger partial charge in [-0.25, -0.2) is 0 Å². The molecule has 0 aliphatic heterocycles. The second-order valence-corrected chi connectivity index (χ2v) is 5.83.